The first kappa shape index (κ1) is 17.1. The van der Waals surface area contributed by atoms with Crippen molar-refractivity contribution in [3.05, 3.63) is 33.9 Å². The average Bonchev–Trinajstić information content (AvgIpc) is 2.28. The van der Waals surface area contributed by atoms with Gasteiger partial charge in [0.05, 0.1) is 11.0 Å². The maximum absolute atomic E-state index is 10.8. The van der Waals surface area contributed by atoms with E-state index in [4.69, 9.17) is 9.84 Å². The van der Waals surface area contributed by atoms with E-state index in [2.05, 4.69) is 0 Å². The number of hydrogen-bond donors (Lipinski definition) is 1. The van der Waals surface area contributed by atoms with Crippen LogP contribution in [0, 0.1) is 10.1 Å². The molecule has 1 aromatic rings. The summed E-state index contributed by atoms with van der Waals surface area (Å²) in [5.74, 6) is -1.05. The molecule has 1 aromatic carbocycles. The van der Waals surface area contributed by atoms with Crippen molar-refractivity contribution in [3.63, 3.8) is 0 Å². The third kappa shape index (κ3) is 5.11. The van der Waals surface area contributed by atoms with Crippen molar-refractivity contribution in [2.24, 2.45) is 0 Å². The molecule has 106 valence electrons. The highest BCUT2D eigenvalue weighted by Crippen LogP contribution is 2.24. The lowest BCUT2D eigenvalue weighted by Crippen LogP contribution is -2.19. The van der Waals surface area contributed by atoms with Crippen LogP contribution in [-0.2, 0) is 0 Å². The summed E-state index contributed by atoms with van der Waals surface area (Å²) >= 11 is 0. The Labute approximate surface area is 116 Å². The van der Waals surface area contributed by atoms with E-state index in [1.54, 1.807) is 0 Å². The van der Waals surface area contributed by atoms with Gasteiger partial charge in [0.1, 0.15) is 17.9 Å². The Bertz CT molecular complexity index is 464. The second-order valence-electron chi connectivity index (χ2n) is 3.89. The second kappa shape index (κ2) is 7.55. The SMILES string of the molecule is CN(C)CCOc1ccc(C(=O)O)c([N+](=O)[O-])c1.Cl. The Morgan fingerprint density at radius 3 is 2.58 bits per heavy atom. The van der Waals surface area contributed by atoms with Crippen molar-refractivity contribution >= 4 is 24.1 Å². The highest BCUT2D eigenvalue weighted by Gasteiger charge is 2.20. The molecule has 0 saturated heterocycles. The average molecular weight is 291 g/mol. The highest BCUT2D eigenvalue weighted by molar-refractivity contribution is 5.92. The molecule has 0 fully saturated rings. The van der Waals surface area contributed by atoms with Gasteiger partial charge in [-0.3, -0.25) is 10.1 Å². The van der Waals surface area contributed by atoms with Gasteiger partial charge in [-0.2, -0.15) is 0 Å². The topological polar surface area (TPSA) is 92.9 Å². The molecule has 0 aliphatic carbocycles. The number of carboxylic acids is 1. The lowest BCUT2D eigenvalue weighted by atomic mass is 10.2. The summed E-state index contributed by atoms with van der Waals surface area (Å²) < 4.78 is 5.30. The zero-order valence-electron chi connectivity index (χ0n) is 10.5. The molecule has 0 heterocycles. The summed E-state index contributed by atoms with van der Waals surface area (Å²) in [6, 6.07) is 3.71. The molecule has 0 aliphatic heterocycles. The normalized spacial score (nSPS) is 9.84. The van der Waals surface area contributed by atoms with E-state index < -0.39 is 16.6 Å². The number of likely N-dealkylation sites (N-methyl/N-ethyl adjacent to an activating group) is 1. The van der Waals surface area contributed by atoms with Crippen molar-refractivity contribution in [2.45, 2.75) is 0 Å². The molecule has 0 radical (unpaired) electrons. The largest absolute Gasteiger partial charge is 0.492 e. The van der Waals surface area contributed by atoms with Crippen LogP contribution in [0.3, 0.4) is 0 Å². The van der Waals surface area contributed by atoms with Crippen molar-refractivity contribution in [1.82, 2.24) is 4.90 Å². The predicted octanol–water partition coefficient (Wildman–Crippen LogP) is 1.66. The maximum atomic E-state index is 10.8. The van der Waals surface area contributed by atoms with Gasteiger partial charge in [0, 0.05) is 6.54 Å². The molecule has 0 bridgehead atoms. The molecule has 0 unspecified atom stereocenters. The van der Waals surface area contributed by atoms with Crippen LogP contribution in [0.15, 0.2) is 18.2 Å². The van der Waals surface area contributed by atoms with Crippen LogP contribution in [0.5, 0.6) is 5.75 Å². The van der Waals surface area contributed by atoms with Crippen LogP contribution in [-0.4, -0.2) is 48.1 Å². The zero-order valence-corrected chi connectivity index (χ0v) is 11.3. The first-order chi connectivity index (χ1) is 8.41. The molecule has 19 heavy (non-hydrogen) atoms. The summed E-state index contributed by atoms with van der Waals surface area (Å²) in [5.41, 5.74) is -0.815. The number of carbonyl (C=O) groups is 1. The van der Waals surface area contributed by atoms with Gasteiger partial charge < -0.3 is 14.7 Å². The Kier molecular flexibility index (Phi) is 6.81. The number of rotatable bonds is 6. The smallest absolute Gasteiger partial charge is 0.342 e. The standard InChI is InChI=1S/C11H14N2O5.ClH/c1-12(2)5-6-18-8-3-4-9(11(14)15)10(7-8)13(16)17;/h3-4,7H,5-6H2,1-2H3,(H,14,15);1H. The number of nitrogens with zero attached hydrogens (tertiary/aromatic N) is 2. The van der Waals surface area contributed by atoms with E-state index in [1.807, 2.05) is 19.0 Å². The fourth-order valence-corrected chi connectivity index (χ4v) is 1.28. The molecular weight excluding hydrogens is 276 g/mol. The van der Waals surface area contributed by atoms with Gasteiger partial charge in [-0.25, -0.2) is 4.79 Å². The number of nitro groups is 1. The minimum atomic E-state index is -1.33. The number of halogens is 1. The summed E-state index contributed by atoms with van der Waals surface area (Å²) in [6.07, 6.45) is 0. The molecule has 0 aromatic heterocycles. The number of aromatic carboxylic acids is 1. The van der Waals surface area contributed by atoms with E-state index in [0.29, 0.717) is 13.2 Å². The number of nitro benzene ring substituents is 1. The van der Waals surface area contributed by atoms with Crippen LogP contribution in [0.2, 0.25) is 0 Å². The van der Waals surface area contributed by atoms with Gasteiger partial charge in [0.2, 0.25) is 0 Å². The summed E-state index contributed by atoms with van der Waals surface area (Å²) in [6.45, 7) is 1.03. The van der Waals surface area contributed by atoms with Crippen LogP contribution < -0.4 is 4.74 Å². The van der Waals surface area contributed by atoms with Gasteiger partial charge in [0.25, 0.3) is 5.69 Å². The van der Waals surface area contributed by atoms with Gasteiger partial charge >= 0.3 is 5.97 Å². The molecule has 0 atom stereocenters. The number of hydrogen-bond acceptors (Lipinski definition) is 5. The summed E-state index contributed by atoms with van der Waals surface area (Å²) in [4.78, 5) is 22.7. The first-order valence-corrected chi connectivity index (χ1v) is 5.21. The van der Waals surface area contributed by atoms with E-state index in [0.717, 1.165) is 6.07 Å². The second-order valence-corrected chi connectivity index (χ2v) is 3.89. The van der Waals surface area contributed by atoms with E-state index >= 15 is 0 Å². The zero-order chi connectivity index (χ0) is 13.7. The van der Waals surface area contributed by atoms with Gasteiger partial charge in [-0.1, -0.05) is 0 Å². The molecule has 1 N–H and O–H groups in total. The Balaban J connectivity index is 0.00000324. The van der Waals surface area contributed by atoms with Crippen molar-refractivity contribution in [3.8, 4) is 5.75 Å². The van der Waals surface area contributed by atoms with Gasteiger partial charge in [-0.05, 0) is 26.2 Å². The van der Waals surface area contributed by atoms with Crippen LogP contribution >= 0.6 is 12.4 Å². The minimum absolute atomic E-state index is 0. The third-order valence-corrected chi connectivity index (χ3v) is 2.20. The Hall–Kier alpha value is -1.86. The fourth-order valence-electron chi connectivity index (χ4n) is 1.28. The lowest BCUT2D eigenvalue weighted by Gasteiger charge is -2.11. The minimum Gasteiger partial charge on any atom is -0.492 e. The van der Waals surface area contributed by atoms with E-state index in [1.165, 1.54) is 12.1 Å². The van der Waals surface area contributed by atoms with Gasteiger partial charge in [-0.15, -0.1) is 12.4 Å². The highest BCUT2D eigenvalue weighted by atomic mass is 35.5. The van der Waals surface area contributed by atoms with Crippen molar-refractivity contribution in [1.29, 1.82) is 0 Å². The van der Waals surface area contributed by atoms with Crippen molar-refractivity contribution < 1.29 is 19.6 Å². The van der Waals surface area contributed by atoms with Gasteiger partial charge in [0.15, 0.2) is 0 Å². The van der Waals surface area contributed by atoms with Crippen LogP contribution in [0.4, 0.5) is 5.69 Å². The first-order valence-electron chi connectivity index (χ1n) is 5.21. The predicted molar refractivity (Wildman–Crippen MR) is 71.4 cm³/mol. The molecule has 1 rings (SSSR count). The molecule has 8 heteroatoms. The summed E-state index contributed by atoms with van der Waals surface area (Å²) in [5, 5.41) is 19.5. The molecular formula is C11H15ClN2O5. The molecule has 0 spiro atoms. The van der Waals surface area contributed by atoms with Crippen molar-refractivity contribution in [2.75, 3.05) is 27.2 Å². The number of carboxylic acid groups (broad SMARTS) is 1. The third-order valence-electron chi connectivity index (χ3n) is 2.20. The Morgan fingerprint density at radius 1 is 1.47 bits per heavy atom. The van der Waals surface area contributed by atoms with Crippen LogP contribution in [0.1, 0.15) is 10.4 Å². The Morgan fingerprint density at radius 2 is 2.11 bits per heavy atom. The molecule has 7 nitrogen and oxygen atoms in total. The van der Waals surface area contributed by atoms with E-state index in [9.17, 15) is 14.9 Å². The molecule has 0 aliphatic rings. The number of benzene rings is 1. The van der Waals surface area contributed by atoms with Crippen LogP contribution in [0.25, 0.3) is 0 Å². The quantitative estimate of drug-likeness (QED) is 0.632. The monoisotopic (exact) mass is 290 g/mol. The fraction of sp³-hybridized carbons (Fsp3) is 0.364. The molecule has 0 amide bonds. The summed E-state index contributed by atoms with van der Waals surface area (Å²) in [7, 11) is 3.75. The lowest BCUT2D eigenvalue weighted by molar-refractivity contribution is -0.385. The number of ether oxygens (including phenoxy) is 1. The molecule has 0 saturated carbocycles. The maximum Gasteiger partial charge on any atom is 0.342 e. The van der Waals surface area contributed by atoms with E-state index in [-0.39, 0.29) is 23.7 Å².